The molecule has 0 aromatic rings. The van der Waals surface area contributed by atoms with Gasteiger partial charge in [-0.15, -0.1) is 0 Å². The molecule has 1 aliphatic heterocycles. The van der Waals surface area contributed by atoms with E-state index in [4.69, 9.17) is 4.74 Å². The topological polar surface area (TPSA) is 24.5 Å². The molecule has 0 aromatic heterocycles. The Morgan fingerprint density at radius 2 is 2.36 bits per heavy atom. The smallest absolute Gasteiger partial charge is 0.0670 e. The molecule has 1 N–H and O–H groups in total. The summed E-state index contributed by atoms with van der Waals surface area (Å²) in [7, 11) is 1.79. The van der Waals surface area contributed by atoms with Crippen molar-refractivity contribution in [3.63, 3.8) is 0 Å². The van der Waals surface area contributed by atoms with E-state index >= 15 is 0 Å². The number of methoxy groups -OCH3 is 1. The molecule has 0 aromatic carbocycles. The second kappa shape index (κ2) is 6.38. The normalized spacial score (nSPS) is 25.5. The van der Waals surface area contributed by atoms with Gasteiger partial charge in [0.05, 0.1) is 6.10 Å². The summed E-state index contributed by atoms with van der Waals surface area (Å²) in [6.07, 6.45) is 2.88. The van der Waals surface area contributed by atoms with Crippen molar-refractivity contribution in [2.24, 2.45) is 0 Å². The number of nitrogens with zero attached hydrogens (tertiary/aromatic N) is 1. The number of ether oxygens (including phenoxy) is 1. The summed E-state index contributed by atoms with van der Waals surface area (Å²) in [5, 5.41) is 3.57. The van der Waals surface area contributed by atoms with E-state index in [0.29, 0.717) is 12.1 Å². The zero-order chi connectivity index (χ0) is 10.4. The summed E-state index contributed by atoms with van der Waals surface area (Å²) in [6.45, 7) is 8.97. The van der Waals surface area contributed by atoms with Crippen molar-refractivity contribution in [2.75, 3.05) is 33.3 Å². The predicted octanol–water partition coefficient (Wildman–Crippen LogP) is 1.10. The number of hydrogen-bond donors (Lipinski definition) is 1. The Bertz CT molecular complexity index is 152. The van der Waals surface area contributed by atoms with Gasteiger partial charge in [-0.25, -0.2) is 0 Å². The van der Waals surface area contributed by atoms with Crippen molar-refractivity contribution in [2.45, 2.75) is 38.8 Å². The van der Waals surface area contributed by atoms with Crippen LogP contribution in [0.15, 0.2) is 0 Å². The van der Waals surface area contributed by atoms with Crippen LogP contribution in [0.2, 0.25) is 0 Å². The van der Waals surface area contributed by atoms with Crippen LogP contribution in [0.3, 0.4) is 0 Å². The maximum atomic E-state index is 5.27. The van der Waals surface area contributed by atoms with Crippen LogP contribution in [-0.4, -0.2) is 50.3 Å². The van der Waals surface area contributed by atoms with Crippen molar-refractivity contribution in [3.8, 4) is 0 Å². The quantitative estimate of drug-likeness (QED) is 0.695. The standard InChI is InChI=1S/C11H24N2O/c1-4-6-12-11-5-7-13(9-11)8-10(2)14-3/h10-12H,4-9H2,1-3H3. The molecule has 2 atom stereocenters. The number of rotatable bonds is 6. The second-order valence-electron chi connectivity index (χ2n) is 4.25. The zero-order valence-electron chi connectivity index (χ0n) is 9.75. The molecule has 1 fully saturated rings. The van der Waals surface area contributed by atoms with Crippen molar-refractivity contribution in [1.29, 1.82) is 0 Å². The average molecular weight is 200 g/mol. The highest BCUT2D eigenvalue weighted by Crippen LogP contribution is 2.10. The predicted molar refractivity (Wildman–Crippen MR) is 59.6 cm³/mol. The second-order valence-corrected chi connectivity index (χ2v) is 4.25. The van der Waals surface area contributed by atoms with E-state index in [1.165, 1.54) is 25.9 Å². The van der Waals surface area contributed by atoms with E-state index < -0.39 is 0 Å². The fraction of sp³-hybridized carbons (Fsp3) is 1.00. The molecule has 0 bridgehead atoms. The van der Waals surface area contributed by atoms with Gasteiger partial charge in [-0.3, -0.25) is 4.90 Å². The highest BCUT2D eigenvalue weighted by Gasteiger charge is 2.22. The third-order valence-electron chi connectivity index (χ3n) is 2.87. The van der Waals surface area contributed by atoms with Crippen LogP contribution in [0.25, 0.3) is 0 Å². The molecule has 1 aliphatic rings. The van der Waals surface area contributed by atoms with Crippen LogP contribution in [0.5, 0.6) is 0 Å². The molecule has 3 nitrogen and oxygen atoms in total. The van der Waals surface area contributed by atoms with Crippen molar-refractivity contribution < 1.29 is 4.74 Å². The first-order valence-electron chi connectivity index (χ1n) is 5.74. The summed E-state index contributed by atoms with van der Waals surface area (Å²) in [5.74, 6) is 0. The summed E-state index contributed by atoms with van der Waals surface area (Å²) in [6, 6.07) is 0.707. The van der Waals surface area contributed by atoms with Gasteiger partial charge in [-0.05, 0) is 32.9 Å². The van der Waals surface area contributed by atoms with Crippen LogP contribution in [0.4, 0.5) is 0 Å². The minimum atomic E-state index is 0.361. The Morgan fingerprint density at radius 1 is 1.57 bits per heavy atom. The van der Waals surface area contributed by atoms with Gasteiger partial charge in [0, 0.05) is 26.2 Å². The van der Waals surface area contributed by atoms with E-state index in [2.05, 4.69) is 24.1 Å². The Hall–Kier alpha value is -0.120. The summed E-state index contributed by atoms with van der Waals surface area (Å²) >= 11 is 0. The number of likely N-dealkylation sites (tertiary alicyclic amines) is 1. The first kappa shape index (κ1) is 12.0. The van der Waals surface area contributed by atoms with Crippen molar-refractivity contribution >= 4 is 0 Å². The zero-order valence-corrected chi connectivity index (χ0v) is 9.75. The van der Waals surface area contributed by atoms with Gasteiger partial charge in [-0.1, -0.05) is 6.92 Å². The molecule has 1 heterocycles. The molecular formula is C11H24N2O. The largest absolute Gasteiger partial charge is 0.380 e. The molecule has 84 valence electrons. The maximum absolute atomic E-state index is 5.27. The van der Waals surface area contributed by atoms with Crippen LogP contribution in [-0.2, 0) is 4.74 Å². The highest BCUT2D eigenvalue weighted by molar-refractivity contribution is 4.81. The lowest BCUT2D eigenvalue weighted by Crippen LogP contribution is -2.35. The fourth-order valence-corrected chi connectivity index (χ4v) is 1.95. The highest BCUT2D eigenvalue weighted by atomic mass is 16.5. The summed E-state index contributed by atoms with van der Waals surface area (Å²) in [4.78, 5) is 2.49. The van der Waals surface area contributed by atoms with Gasteiger partial charge in [0.15, 0.2) is 0 Å². The molecular weight excluding hydrogens is 176 g/mol. The lowest BCUT2D eigenvalue weighted by Gasteiger charge is -2.20. The van der Waals surface area contributed by atoms with Gasteiger partial charge in [0.2, 0.25) is 0 Å². The molecule has 0 spiro atoms. The van der Waals surface area contributed by atoms with Crippen LogP contribution < -0.4 is 5.32 Å². The molecule has 1 saturated heterocycles. The Morgan fingerprint density at radius 3 is 3.00 bits per heavy atom. The van der Waals surface area contributed by atoms with Crippen molar-refractivity contribution in [1.82, 2.24) is 10.2 Å². The number of hydrogen-bond acceptors (Lipinski definition) is 3. The Balaban J connectivity index is 2.13. The number of nitrogens with one attached hydrogen (secondary N) is 1. The minimum absolute atomic E-state index is 0.361. The maximum Gasteiger partial charge on any atom is 0.0670 e. The molecule has 1 rings (SSSR count). The first-order chi connectivity index (χ1) is 6.76. The third-order valence-corrected chi connectivity index (χ3v) is 2.87. The fourth-order valence-electron chi connectivity index (χ4n) is 1.95. The Labute approximate surface area is 87.8 Å². The van der Waals surface area contributed by atoms with Gasteiger partial charge < -0.3 is 10.1 Å². The van der Waals surface area contributed by atoms with Crippen LogP contribution in [0.1, 0.15) is 26.7 Å². The van der Waals surface area contributed by atoms with Gasteiger partial charge in [0.25, 0.3) is 0 Å². The molecule has 3 heteroatoms. The summed E-state index contributed by atoms with van der Waals surface area (Å²) in [5.41, 5.74) is 0. The molecule has 0 radical (unpaired) electrons. The molecule has 2 unspecified atom stereocenters. The molecule has 0 aliphatic carbocycles. The van der Waals surface area contributed by atoms with E-state index in [1.54, 1.807) is 7.11 Å². The van der Waals surface area contributed by atoms with E-state index in [9.17, 15) is 0 Å². The molecule has 0 saturated carbocycles. The molecule has 14 heavy (non-hydrogen) atoms. The molecule has 0 amide bonds. The van der Waals surface area contributed by atoms with E-state index in [-0.39, 0.29) is 0 Å². The van der Waals surface area contributed by atoms with Gasteiger partial charge in [0.1, 0.15) is 0 Å². The van der Waals surface area contributed by atoms with Crippen LogP contribution in [0, 0.1) is 0 Å². The van der Waals surface area contributed by atoms with Gasteiger partial charge in [-0.2, -0.15) is 0 Å². The van der Waals surface area contributed by atoms with E-state index in [0.717, 1.165) is 13.1 Å². The summed E-state index contributed by atoms with van der Waals surface area (Å²) < 4.78 is 5.27. The average Bonchev–Trinajstić information content (AvgIpc) is 2.62. The van der Waals surface area contributed by atoms with Crippen LogP contribution >= 0.6 is 0 Å². The van der Waals surface area contributed by atoms with E-state index in [1.807, 2.05) is 0 Å². The first-order valence-corrected chi connectivity index (χ1v) is 5.74. The monoisotopic (exact) mass is 200 g/mol. The third kappa shape index (κ3) is 3.95. The minimum Gasteiger partial charge on any atom is -0.380 e. The van der Waals surface area contributed by atoms with Crippen molar-refractivity contribution in [3.05, 3.63) is 0 Å². The lowest BCUT2D eigenvalue weighted by atomic mass is 10.2. The Kier molecular flexibility index (Phi) is 5.45. The van der Waals surface area contributed by atoms with Gasteiger partial charge >= 0.3 is 0 Å². The SMILES string of the molecule is CCCNC1CCN(CC(C)OC)C1. The lowest BCUT2D eigenvalue weighted by molar-refractivity contribution is 0.0845.